The number of hydrogen-bond donors (Lipinski definition) is 0. The van der Waals surface area contributed by atoms with Crippen LogP contribution in [0.15, 0.2) is 46.0 Å². The van der Waals surface area contributed by atoms with Crippen molar-refractivity contribution in [1.29, 1.82) is 0 Å². The maximum absolute atomic E-state index is 12.2. The van der Waals surface area contributed by atoms with Crippen molar-refractivity contribution < 1.29 is 0 Å². The number of para-hydroxylation sites is 1. The molecule has 0 radical (unpaired) electrons. The van der Waals surface area contributed by atoms with Crippen LogP contribution in [0.3, 0.4) is 0 Å². The first kappa shape index (κ1) is 15.6. The molecule has 3 rings (SSSR count). The van der Waals surface area contributed by atoms with Gasteiger partial charge < -0.3 is 4.90 Å². The van der Waals surface area contributed by atoms with Gasteiger partial charge in [-0.3, -0.25) is 13.9 Å². The number of nitrogens with zero attached hydrogens (tertiary/aromatic N) is 3. The average molecular weight is 313 g/mol. The third-order valence-corrected chi connectivity index (χ3v) is 4.81. The summed E-state index contributed by atoms with van der Waals surface area (Å²) in [6.45, 7) is 0.580. The maximum Gasteiger partial charge on any atom is 0.330 e. The summed E-state index contributed by atoms with van der Waals surface area (Å²) in [4.78, 5) is 26.5. The SMILES string of the molecule is Cn1c(CN(c2ccccc2)C2CCCC2)cc(=O)n(C)c1=O. The van der Waals surface area contributed by atoms with Crippen LogP contribution < -0.4 is 16.1 Å². The molecule has 0 saturated heterocycles. The molecule has 1 aromatic carbocycles. The molecule has 0 amide bonds. The highest BCUT2D eigenvalue weighted by molar-refractivity contribution is 5.47. The largest absolute Gasteiger partial charge is 0.363 e. The fraction of sp³-hybridized carbons (Fsp3) is 0.444. The molecule has 5 heteroatoms. The smallest absolute Gasteiger partial charge is 0.330 e. The lowest BCUT2D eigenvalue weighted by Gasteiger charge is -2.31. The minimum Gasteiger partial charge on any atom is -0.363 e. The molecular formula is C18H23N3O2. The minimum absolute atomic E-state index is 0.248. The van der Waals surface area contributed by atoms with E-state index in [-0.39, 0.29) is 11.2 Å². The van der Waals surface area contributed by atoms with Crippen LogP contribution >= 0.6 is 0 Å². The van der Waals surface area contributed by atoms with Gasteiger partial charge in [-0.1, -0.05) is 31.0 Å². The van der Waals surface area contributed by atoms with Crippen molar-refractivity contribution in [2.24, 2.45) is 14.1 Å². The molecule has 0 bridgehead atoms. The zero-order valence-electron chi connectivity index (χ0n) is 13.7. The molecule has 5 nitrogen and oxygen atoms in total. The second kappa shape index (κ2) is 6.44. The predicted molar refractivity (Wildman–Crippen MR) is 91.8 cm³/mol. The van der Waals surface area contributed by atoms with Crippen molar-refractivity contribution in [3.63, 3.8) is 0 Å². The average Bonchev–Trinajstić information content (AvgIpc) is 3.10. The van der Waals surface area contributed by atoms with Crippen LogP contribution in [0.2, 0.25) is 0 Å². The Morgan fingerprint density at radius 3 is 2.35 bits per heavy atom. The van der Waals surface area contributed by atoms with Crippen molar-refractivity contribution in [1.82, 2.24) is 9.13 Å². The van der Waals surface area contributed by atoms with Gasteiger partial charge in [0.15, 0.2) is 0 Å². The lowest BCUT2D eigenvalue weighted by molar-refractivity contribution is 0.572. The lowest BCUT2D eigenvalue weighted by atomic mass is 10.1. The van der Waals surface area contributed by atoms with Crippen molar-refractivity contribution in [3.8, 4) is 0 Å². The summed E-state index contributed by atoms with van der Waals surface area (Å²) in [5, 5.41) is 0. The number of aromatic nitrogens is 2. The summed E-state index contributed by atoms with van der Waals surface area (Å²) in [7, 11) is 3.25. The summed E-state index contributed by atoms with van der Waals surface area (Å²) < 4.78 is 2.72. The van der Waals surface area contributed by atoms with E-state index in [0.717, 1.165) is 28.8 Å². The van der Waals surface area contributed by atoms with Gasteiger partial charge in [-0.05, 0) is 25.0 Å². The lowest BCUT2D eigenvalue weighted by Crippen LogP contribution is -2.41. The first-order valence-electron chi connectivity index (χ1n) is 8.15. The molecule has 0 N–H and O–H groups in total. The molecule has 23 heavy (non-hydrogen) atoms. The first-order chi connectivity index (χ1) is 11.1. The fourth-order valence-corrected chi connectivity index (χ4v) is 3.37. The molecule has 0 aliphatic heterocycles. The summed E-state index contributed by atoms with van der Waals surface area (Å²) in [5.74, 6) is 0. The molecule has 1 saturated carbocycles. The minimum atomic E-state index is -0.271. The molecule has 1 aliphatic carbocycles. The summed E-state index contributed by atoms with van der Waals surface area (Å²) in [6, 6.07) is 12.3. The topological polar surface area (TPSA) is 47.2 Å². The fourth-order valence-electron chi connectivity index (χ4n) is 3.37. The van der Waals surface area contributed by atoms with Crippen LogP contribution in [0.25, 0.3) is 0 Å². The van der Waals surface area contributed by atoms with Crippen LogP contribution in [-0.2, 0) is 20.6 Å². The monoisotopic (exact) mass is 313 g/mol. The number of rotatable bonds is 4. The molecule has 122 valence electrons. The van der Waals surface area contributed by atoms with Gasteiger partial charge >= 0.3 is 5.69 Å². The second-order valence-corrected chi connectivity index (χ2v) is 6.28. The number of hydrogen-bond acceptors (Lipinski definition) is 3. The summed E-state index contributed by atoms with van der Waals surface area (Å²) in [5.41, 5.74) is 1.39. The Morgan fingerprint density at radius 2 is 1.70 bits per heavy atom. The van der Waals surface area contributed by atoms with E-state index >= 15 is 0 Å². The maximum atomic E-state index is 12.2. The number of benzene rings is 1. The van der Waals surface area contributed by atoms with E-state index in [0.29, 0.717) is 12.6 Å². The van der Waals surface area contributed by atoms with Crippen LogP contribution in [0.1, 0.15) is 31.4 Å². The van der Waals surface area contributed by atoms with Crippen molar-refractivity contribution in [2.45, 2.75) is 38.3 Å². The third-order valence-electron chi connectivity index (χ3n) is 4.81. The van der Waals surface area contributed by atoms with Gasteiger partial charge in [-0.25, -0.2) is 4.79 Å². The Kier molecular flexibility index (Phi) is 4.37. The Balaban J connectivity index is 1.99. The normalized spacial score (nSPS) is 15.0. The Labute approximate surface area is 135 Å². The quantitative estimate of drug-likeness (QED) is 0.868. The Morgan fingerprint density at radius 1 is 1.04 bits per heavy atom. The zero-order chi connectivity index (χ0) is 16.4. The van der Waals surface area contributed by atoms with Crippen molar-refractivity contribution in [3.05, 3.63) is 62.9 Å². The highest BCUT2D eigenvalue weighted by atomic mass is 16.2. The molecule has 1 fully saturated rings. The molecule has 1 heterocycles. The van der Waals surface area contributed by atoms with E-state index < -0.39 is 0 Å². The number of anilines is 1. The van der Waals surface area contributed by atoms with E-state index in [2.05, 4.69) is 17.0 Å². The third kappa shape index (κ3) is 3.09. The van der Waals surface area contributed by atoms with Gasteiger partial charge in [0.25, 0.3) is 5.56 Å². The van der Waals surface area contributed by atoms with E-state index in [1.165, 1.54) is 19.9 Å². The van der Waals surface area contributed by atoms with Crippen LogP contribution in [0.5, 0.6) is 0 Å². The standard InChI is InChI=1S/C18H23N3O2/c1-19-16(12-17(22)20(2)18(19)23)13-21(15-10-6-7-11-15)14-8-4-3-5-9-14/h3-5,8-9,12,15H,6-7,10-11,13H2,1-2H3. The van der Waals surface area contributed by atoms with E-state index in [1.807, 2.05) is 18.2 Å². The van der Waals surface area contributed by atoms with Gasteiger partial charge in [0.2, 0.25) is 0 Å². The van der Waals surface area contributed by atoms with E-state index in [9.17, 15) is 9.59 Å². The summed E-state index contributed by atoms with van der Waals surface area (Å²) >= 11 is 0. The molecule has 1 aliphatic rings. The van der Waals surface area contributed by atoms with E-state index in [4.69, 9.17) is 0 Å². The highest BCUT2D eigenvalue weighted by Crippen LogP contribution is 2.29. The molecule has 0 atom stereocenters. The van der Waals surface area contributed by atoms with Gasteiger partial charge in [0.1, 0.15) is 0 Å². The Bertz CT molecular complexity index is 786. The molecule has 2 aromatic rings. The molecule has 0 unspecified atom stereocenters. The highest BCUT2D eigenvalue weighted by Gasteiger charge is 2.24. The van der Waals surface area contributed by atoms with E-state index in [1.54, 1.807) is 17.7 Å². The molecule has 1 aromatic heterocycles. The molecule has 0 spiro atoms. The Hall–Kier alpha value is -2.30. The van der Waals surface area contributed by atoms with Crippen molar-refractivity contribution in [2.75, 3.05) is 4.90 Å². The van der Waals surface area contributed by atoms with Gasteiger partial charge in [0.05, 0.1) is 6.54 Å². The van der Waals surface area contributed by atoms with Gasteiger partial charge in [-0.15, -0.1) is 0 Å². The van der Waals surface area contributed by atoms with Crippen molar-refractivity contribution >= 4 is 5.69 Å². The van der Waals surface area contributed by atoms with Gasteiger partial charge in [0, 0.05) is 37.6 Å². The summed E-state index contributed by atoms with van der Waals surface area (Å²) in [6.07, 6.45) is 4.80. The van der Waals surface area contributed by atoms with Gasteiger partial charge in [-0.2, -0.15) is 0 Å². The van der Waals surface area contributed by atoms with Crippen LogP contribution in [0.4, 0.5) is 5.69 Å². The van der Waals surface area contributed by atoms with Crippen LogP contribution in [0, 0.1) is 0 Å². The molecular weight excluding hydrogens is 290 g/mol. The first-order valence-corrected chi connectivity index (χ1v) is 8.15. The van der Waals surface area contributed by atoms with Crippen LogP contribution in [-0.4, -0.2) is 15.2 Å². The predicted octanol–water partition coefficient (Wildman–Crippen LogP) is 2.03. The zero-order valence-corrected chi connectivity index (χ0v) is 13.7. The second-order valence-electron chi connectivity index (χ2n) is 6.28.